The van der Waals surface area contributed by atoms with E-state index in [-0.39, 0.29) is 11.3 Å². The monoisotopic (exact) mass is 421 g/mol. The van der Waals surface area contributed by atoms with Crippen molar-refractivity contribution in [3.63, 3.8) is 0 Å². The van der Waals surface area contributed by atoms with Gasteiger partial charge in [0.2, 0.25) is 0 Å². The van der Waals surface area contributed by atoms with Gasteiger partial charge in [-0.1, -0.05) is 0 Å². The number of ether oxygens (including phenoxy) is 2. The van der Waals surface area contributed by atoms with Gasteiger partial charge in [0.05, 0.1) is 24.8 Å². The minimum Gasteiger partial charge on any atom is -0.482 e. The SMILES string of the molecule is CC(C)(C)OC(=O)N1CC(Oc2ccc3cnn(CC(F)(F)F)c3c2)C(F)(F)C1. The normalized spacial score (nSPS) is 19.6. The number of hydrogen-bond acceptors (Lipinski definition) is 4. The number of amides is 1. The number of fused-ring (bicyclic) bond motifs is 1. The molecule has 29 heavy (non-hydrogen) atoms. The van der Waals surface area contributed by atoms with Crippen LogP contribution in [-0.4, -0.2) is 57.7 Å². The van der Waals surface area contributed by atoms with Crippen LogP contribution in [0.5, 0.6) is 5.75 Å². The number of aromatic nitrogens is 2. The van der Waals surface area contributed by atoms with Crippen molar-refractivity contribution >= 4 is 17.0 Å². The molecular weight excluding hydrogens is 401 g/mol. The Kier molecular flexibility index (Phi) is 5.12. The van der Waals surface area contributed by atoms with Crippen molar-refractivity contribution in [2.75, 3.05) is 13.1 Å². The molecule has 0 aliphatic carbocycles. The maximum Gasteiger partial charge on any atom is 0.410 e. The quantitative estimate of drug-likeness (QED) is 0.696. The molecule has 160 valence electrons. The van der Waals surface area contributed by atoms with Gasteiger partial charge in [0.1, 0.15) is 17.9 Å². The summed E-state index contributed by atoms with van der Waals surface area (Å²) in [7, 11) is 0. The standard InChI is InChI=1S/C18H20F5N3O3/c1-16(2,3)29-15(27)25-8-14(17(19,20)9-25)28-12-5-4-11-7-24-26(13(11)6-12)10-18(21,22)23/h4-7,14H,8-10H2,1-3H3. The number of alkyl halides is 5. The topological polar surface area (TPSA) is 56.6 Å². The van der Waals surface area contributed by atoms with E-state index in [9.17, 15) is 26.7 Å². The van der Waals surface area contributed by atoms with E-state index < -0.39 is 49.5 Å². The highest BCUT2D eigenvalue weighted by molar-refractivity contribution is 5.80. The summed E-state index contributed by atoms with van der Waals surface area (Å²) in [6.45, 7) is 2.25. The van der Waals surface area contributed by atoms with E-state index >= 15 is 0 Å². The molecule has 0 radical (unpaired) electrons. The molecule has 1 unspecified atom stereocenters. The smallest absolute Gasteiger partial charge is 0.410 e. The molecule has 1 fully saturated rings. The zero-order valence-corrected chi connectivity index (χ0v) is 16.0. The zero-order valence-electron chi connectivity index (χ0n) is 16.0. The number of halogens is 5. The van der Waals surface area contributed by atoms with E-state index in [4.69, 9.17) is 9.47 Å². The summed E-state index contributed by atoms with van der Waals surface area (Å²) >= 11 is 0. The average Bonchev–Trinajstić information content (AvgIpc) is 3.05. The molecule has 11 heteroatoms. The Hall–Kier alpha value is -2.59. The highest BCUT2D eigenvalue weighted by Gasteiger charge is 2.52. The van der Waals surface area contributed by atoms with Gasteiger partial charge in [0, 0.05) is 11.5 Å². The second-order valence-corrected chi connectivity index (χ2v) is 7.87. The molecule has 2 heterocycles. The Morgan fingerprint density at radius 3 is 2.59 bits per heavy atom. The van der Waals surface area contributed by atoms with Crippen LogP contribution in [0.2, 0.25) is 0 Å². The van der Waals surface area contributed by atoms with Gasteiger partial charge in [-0.2, -0.15) is 18.3 Å². The fourth-order valence-electron chi connectivity index (χ4n) is 2.93. The highest BCUT2D eigenvalue weighted by atomic mass is 19.4. The second-order valence-electron chi connectivity index (χ2n) is 7.87. The Labute approximate surface area is 163 Å². The summed E-state index contributed by atoms with van der Waals surface area (Å²) in [5.41, 5.74) is -0.738. The number of likely N-dealkylation sites (tertiary alicyclic amines) is 1. The molecule has 1 atom stereocenters. The number of hydrogen-bond donors (Lipinski definition) is 0. The molecule has 0 saturated carbocycles. The van der Waals surface area contributed by atoms with Crippen molar-refractivity contribution in [2.45, 2.75) is 51.1 Å². The fourth-order valence-corrected chi connectivity index (χ4v) is 2.93. The van der Waals surface area contributed by atoms with Crippen LogP contribution in [0.25, 0.3) is 10.9 Å². The van der Waals surface area contributed by atoms with Crippen molar-refractivity contribution in [1.29, 1.82) is 0 Å². The molecule has 1 amide bonds. The van der Waals surface area contributed by atoms with Crippen LogP contribution in [0.3, 0.4) is 0 Å². The fraction of sp³-hybridized carbons (Fsp3) is 0.556. The Morgan fingerprint density at radius 1 is 1.28 bits per heavy atom. The number of carbonyl (C=O) groups is 1. The van der Waals surface area contributed by atoms with E-state index in [1.54, 1.807) is 20.8 Å². The van der Waals surface area contributed by atoms with Crippen LogP contribution in [-0.2, 0) is 11.3 Å². The number of nitrogens with zero attached hydrogens (tertiary/aromatic N) is 3. The largest absolute Gasteiger partial charge is 0.482 e. The second kappa shape index (κ2) is 7.03. The molecule has 2 aromatic rings. The lowest BCUT2D eigenvalue weighted by molar-refractivity contribution is -0.141. The Morgan fingerprint density at radius 2 is 1.97 bits per heavy atom. The van der Waals surface area contributed by atoms with E-state index in [1.807, 2.05) is 0 Å². The Bertz CT molecular complexity index is 904. The first-order valence-electron chi connectivity index (χ1n) is 8.78. The zero-order chi connectivity index (χ0) is 21.6. The number of benzene rings is 1. The average molecular weight is 421 g/mol. The van der Waals surface area contributed by atoms with E-state index in [1.165, 1.54) is 24.4 Å². The van der Waals surface area contributed by atoms with Crippen molar-refractivity contribution in [3.05, 3.63) is 24.4 Å². The van der Waals surface area contributed by atoms with Crippen LogP contribution < -0.4 is 4.74 Å². The van der Waals surface area contributed by atoms with Crippen molar-refractivity contribution < 1.29 is 36.2 Å². The number of carbonyl (C=O) groups excluding carboxylic acids is 1. The molecule has 0 spiro atoms. The van der Waals surface area contributed by atoms with Crippen LogP contribution in [0.1, 0.15) is 20.8 Å². The third kappa shape index (κ3) is 5.07. The molecule has 1 saturated heterocycles. The number of rotatable bonds is 3. The third-order valence-corrected chi connectivity index (χ3v) is 4.13. The molecule has 0 bridgehead atoms. The van der Waals surface area contributed by atoms with Crippen molar-refractivity contribution in [3.8, 4) is 5.75 Å². The van der Waals surface area contributed by atoms with Crippen molar-refractivity contribution in [1.82, 2.24) is 14.7 Å². The van der Waals surface area contributed by atoms with Crippen LogP contribution in [0, 0.1) is 0 Å². The lowest BCUT2D eigenvalue weighted by Gasteiger charge is -2.24. The molecule has 1 aliphatic rings. The van der Waals surface area contributed by atoms with E-state index in [0.29, 0.717) is 5.39 Å². The van der Waals surface area contributed by atoms with Crippen LogP contribution >= 0.6 is 0 Å². The van der Waals surface area contributed by atoms with Gasteiger partial charge in [-0.25, -0.2) is 13.6 Å². The minimum atomic E-state index is -4.48. The maximum atomic E-state index is 14.4. The van der Waals surface area contributed by atoms with Crippen LogP contribution in [0.4, 0.5) is 26.7 Å². The van der Waals surface area contributed by atoms with Gasteiger partial charge < -0.3 is 9.47 Å². The molecule has 0 N–H and O–H groups in total. The first-order valence-corrected chi connectivity index (χ1v) is 8.78. The summed E-state index contributed by atoms with van der Waals surface area (Å²) in [5.74, 6) is -3.39. The molecule has 1 aromatic carbocycles. The van der Waals surface area contributed by atoms with Gasteiger partial charge in [0.15, 0.2) is 6.10 Å². The predicted molar refractivity (Wildman–Crippen MR) is 93.0 cm³/mol. The summed E-state index contributed by atoms with van der Waals surface area (Å²) in [5, 5.41) is 4.09. The first kappa shape index (κ1) is 21.1. The highest BCUT2D eigenvalue weighted by Crippen LogP contribution is 2.33. The summed E-state index contributed by atoms with van der Waals surface area (Å²) in [4.78, 5) is 12.9. The molecule has 1 aliphatic heterocycles. The summed E-state index contributed by atoms with van der Waals surface area (Å²) in [6.07, 6.45) is -5.78. The van der Waals surface area contributed by atoms with E-state index in [2.05, 4.69) is 5.10 Å². The molecule has 3 rings (SSSR count). The first-order chi connectivity index (χ1) is 13.2. The van der Waals surface area contributed by atoms with Gasteiger partial charge >= 0.3 is 18.2 Å². The third-order valence-electron chi connectivity index (χ3n) is 4.13. The van der Waals surface area contributed by atoms with E-state index in [0.717, 1.165) is 9.58 Å². The minimum absolute atomic E-state index is 0.0443. The predicted octanol–water partition coefficient (Wildman–Crippen LogP) is 4.23. The van der Waals surface area contributed by atoms with Gasteiger partial charge in [-0.15, -0.1) is 0 Å². The van der Waals surface area contributed by atoms with Gasteiger partial charge in [0.25, 0.3) is 0 Å². The van der Waals surface area contributed by atoms with Crippen molar-refractivity contribution in [2.24, 2.45) is 0 Å². The van der Waals surface area contributed by atoms with Gasteiger partial charge in [-0.05, 0) is 32.9 Å². The summed E-state index contributed by atoms with van der Waals surface area (Å²) < 4.78 is 77.9. The molecule has 6 nitrogen and oxygen atoms in total. The van der Waals surface area contributed by atoms with Gasteiger partial charge in [-0.3, -0.25) is 9.58 Å². The lowest BCUT2D eigenvalue weighted by Crippen LogP contribution is -2.36. The summed E-state index contributed by atoms with van der Waals surface area (Å²) in [6, 6.07) is 4.03. The maximum absolute atomic E-state index is 14.4. The Balaban J connectivity index is 1.77. The van der Waals surface area contributed by atoms with Crippen LogP contribution in [0.15, 0.2) is 24.4 Å². The molecular formula is C18H20F5N3O3. The molecule has 1 aromatic heterocycles. The lowest BCUT2D eigenvalue weighted by atomic mass is 10.2.